The smallest absolute Gasteiger partial charge is 0.303 e. The molecule has 9 heteroatoms. The number of carbonyl (C=O) groups is 1. The van der Waals surface area contributed by atoms with Crippen LogP contribution in [0.15, 0.2) is 40.1 Å². The molecule has 24 heavy (non-hydrogen) atoms. The number of nitro benzene ring substituents is 1. The lowest BCUT2D eigenvalue weighted by Crippen LogP contribution is -2.37. The minimum Gasteiger partial charge on any atom is -0.303 e. The molecular formula is C15H12ClN3O5. The van der Waals surface area contributed by atoms with Gasteiger partial charge < -0.3 is 4.57 Å². The average molecular weight is 350 g/mol. The van der Waals surface area contributed by atoms with E-state index >= 15 is 0 Å². The van der Waals surface area contributed by atoms with Crippen molar-refractivity contribution in [2.45, 2.75) is 0 Å². The van der Waals surface area contributed by atoms with Crippen LogP contribution in [0, 0.1) is 10.1 Å². The van der Waals surface area contributed by atoms with Crippen LogP contribution < -0.4 is 11.2 Å². The van der Waals surface area contributed by atoms with Crippen LogP contribution in [0.1, 0.15) is 15.9 Å². The Bertz CT molecular complexity index is 988. The summed E-state index contributed by atoms with van der Waals surface area (Å²) in [6, 6.07) is 3.67. The maximum Gasteiger partial charge on any atom is 0.330 e. The van der Waals surface area contributed by atoms with Gasteiger partial charge in [0.05, 0.1) is 10.5 Å². The van der Waals surface area contributed by atoms with Crippen LogP contribution in [0.3, 0.4) is 0 Å². The Kier molecular flexibility index (Phi) is 4.79. The van der Waals surface area contributed by atoms with Crippen molar-refractivity contribution in [3.05, 3.63) is 77.6 Å². The van der Waals surface area contributed by atoms with Crippen molar-refractivity contribution in [2.24, 2.45) is 14.1 Å². The molecule has 1 aromatic heterocycles. The highest BCUT2D eigenvalue weighted by Crippen LogP contribution is 2.25. The lowest BCUT2D eigenvalue weighted by molar-refractivity contribution is -0.384. The molecule has 0 saturated carbocycles. The Morgan fingerprint density at radius 3 is 2.58 bits per heavy atom. The van der Waals surface area contributed by atoms with Crippen molar-refractivity contribution in [3.8, 4) is 0 Å². The zero-order chi connectivity index (χ0) is 18.0. The Morgan fingerprint density at radius 2 is 1.96 bits per heavy atom. The first-order valence-corrected chi connectivity index (χ1v) is 7.03. The van der Waals surface area contributed by atoms with E-state index in [0.717, 1.165) is 16.7 Å². The predicted molar refractivity (Wildman–Crippen MR) is 88.4 cm³/mol. The fourth-order valence-corrected chi connectivity index (χ4v) is 2.20. The lowest BCUT2D eigenvalue weighted by Gasteiger charge is -2.03. The summed E-state index contributed by atoms with van der Waals surface area (Å²) in [7, 11) is 2.80. The minimum absolute atomic E-state index is 0.0593. The van der Waals surface area contributed by atoms with Gasteiger partial charge in [0, 0.05) is 31.9 Å². The summed E-state index contributed by atoms with van der Waals surface area (Å²) in [5.74, 6) is -0.536. The van der Waals surface area contributed by atoms with Crippen molar-refractivity contribution < 1.29 is 9.72 Å². The summed E-state index contributed by atoms with van der Waals surface area (Å²) in [5, 5.41) is 10.8. The van der Waals surface area contributed by atoms with E-state index in [1.807, 2.05) is 0 Å². The van der Waals surface area contributed by atoms with Gasteiger partial charge in [-0.15, -0.1) is 0 Å². The summed E-state index contributed by atoms with van der Waals surface area (Å²) in [6.45, 7) is 0. The minimum atomic E-state index is -0.689. The lowest BCUT2D eigenvalue weighted by atomic mass is 10.1. The highest BCUT2D eigenvalue weighted by atomic mass is 35.5. The molecular weight excluding hydrogens is 338 g/mol. The van der Waals surface area contributed by atoms with Crippen molar-refractivity contribution in [1.82, 2.24) is 9.13 Å². The van der Waals surface area contributed by atoms with Gasteiger partial charge in [-0.2, -0.15) is 0 Å². The molecule has 0 atom stereocenters. The van der Waals surface area contributed by atoms with Crippen LogP contribution in [-0.4, -0.2) is 19.8 Å². The maximum atomic E-state index is 12.1. The van der Waals surface area contributed by atoms with E-state index in [9.17, 15) is 24.5 Å². The van der Waals surface area contributed by atoms with Crippen LogP contribution in [-0.2, 0) is 14.1 Å². The molecule has 124 valence electrons. The number of allylic oxidation sites excluding steroid dienone is 1. The van der Waals surface area contributed by atoms with E-state index in [1.54, 1.807) is 0 Å². The third-order valence-electron chi connectivity index (χ3n) is 3.31. The Hall–Kier alpha value is -3.00. The standard InChI is InChI=1S/C15H12ClN3O5/c1-17-8-10(14(21)18(2)15(17)22)4-6-13(20)9-3-5-11(16)12(7-9)19(23)24/h3-8H,1-2H3/b6-4+. The third-order valence-corrected chi connectivity index (χ3v) is 3.63. The fraction of sp³-hybridized carbons (Fsp3) is 0.133. The number of hydrogen-bond donors (Lipinski definition) is 0. The van der Waals surface area contributed by atoms with Gasteiger partial charge in [0.15, 0.2) is 5.78 Å². The van der Waals surface area contributed by atoms with Crippen LogP contribution in [0.4, 0.5) is 5.69 Å². The maximum absolute atomic E-state index is 12.1. The van der Waals surface area contributed by atoms with E-state index in [-0.39, 0.29) is 21.8 Å². The van der Waals surface area contributed by atoms with Crippen molar-refractivity contribution in [2.75, 3.05) is 0 Å². The number of aryl methyl sites for hydroxylation is 1. The number of hydrogen-bond acceptors (Lipinski definition) is 5. The van der Waals surface area contributed by atoms with Crippen molar-refractivity contribution >= 4 is 29.1 Å². The van der Waals surface area contributed by atoms with Gasteiger partial charge in [-0.25, -0.2) is 4.79 Å². The first kappa shape index (κ1) is 17.4. The number of rotatable bonds is 4. The van der Waals surface area contributed by atoms with E-state index < -0.39 is 22.0 Å². The molecule has 0 fully saturated rings. The molecule has 0 saturated heterocycles. The van der Waals surface area contributed by atoms with Gasteiger partial charge in [-0.05, 0) is 24.3 Å². The molecule has 0 amide bonds. The van der Waals surface area contributed by atoms with Crippen LogP contribution in [0.2, 0.25) is 5.02 Å². The number of nitrogens with zero attached hydrogens (tertiary/aromatic N) is 3. The second-order valence-corrected chi connectivity index (χ2v) is 5.37. The first-order valence-electron chi connectivity index (χ1n) is 6.65. The monoisotopic (exact) mass is 349 g/mol. The van der Waals surface area contributed by atoms with Gasteiger partial charge in [0.1, 0.15) is 5.02 Å². The normalized spacial score (nSPS) is 11.0. The van der Waals surface area contributed by atoms with Crippen LogP contribution in [0.25, 0.3) is 6.08 Å². The van der Waals surface area contributed by atoms with Crippen LogP contribution in [0.5, 0.6) is 0 Å². The molecule has 0 aliphatic carbocycles. The molecule has 0 aliphatic rings. The van der Waals surface area contributed by atoms with Gasteiger partial charge in [0.2, 0.25) is 0 Å². The summed E-state index contributed by atoms with van der Waals surface area (Å²) < 4.78 is 2.12. The van der Waals surface area contributed by atoms with E-state index in [2.05, 4.69) is 0 Å². The highest BCUT2D eigenvalue weighted by molar-refractivity contribution is 6.32. The highest BCUT2D eigenvalue weighted by Gasteiger charge is 2.15. The molecule has 1 heterocycles. The van der Waals surface area contributed by atoms with E-state index in [0.29, 0.717) is 0 Å². The number of nitro groups is 1. The van der Waals surface area contributed by atoms with Crippen LogP contribution >= 0.6 is 11.6 Å². The SMILES string of the molecule is Cn1cc(/C=C/C(=O)c2ccc(Cl)c([N+](=O)[O-])c2)c(=O)n(C)c1=O. The Labute approximate surface area is 140 Å². The first-order chi connectivity index (χ1) is 11.2. The zero-order valence-electron chi connectivity index (χ0n) is 12.7. The number of halogens is 1. The molecule has 0 bridgehead atoms. The number of aromatic nitrogens is 2. The van der Waals surface area contributed by atoms with Gasteiger partial charge >= 0.3 is 5.69 Å². The van der Waals surface area contributed by atoms with Gasteiger partial charge in [-0.3, -0.25) is 24.3 Å². The zero-order valence-corrected chi connectivity index (χ0v) is 13.5. The number of ketones is 1. The molecule has 1 aromatic carbocycles. The average Bonchev–Trinajstić information content (AvgIpc) is 2.54. The third kappa shape index (κ3) is 3.33. The molecule has 0 aliphatic heterocycles. The summed E-state index contributed by atoms with van der Waals surface area (Å²) in [4.78, 5) is 45.8. The summed E-state index contributed by atoms with van der Waals surface area (Å²) in [6.07, 6.45) is 3.66. The second-order valence-electron chi connectivity index (χ2n) is 4.96. The predicted octanol–water partition coefficient (Wildman–Crippen LogP) is 1.54. The molecule has 0 unspecified atom stereocenters. The van der Waals surface area contributed by atoms with E-state index in [1.165, 1.54) is 43.1 Å². The Balaban J connectivity index is 2.39. The number of benzene rings is 1. The largest absolute Gasteiger partial charge is 0.330 e. The quantitative estimate of drug-likeness (QED) is 0.360. The van der Waals surface area contributed by atoms with E-state index in [4.69, 9.17) is 11.6 Å². The van der Waals surface area contributed by atoms with Gasteiger partial charge in [-0.1, -0.05) is 11.6 Å². The second kappa shape index (κ2) is 6.63. The molecule has 0 radical (unpaired) electrons. The van der Waals surface area contributed by atoms with Crippen molar-refractivity contribution in [3.63, 3.8) is 0 Å². The molecule has 0 spiro atoms. The summed E-state index contributed by atoms with van der Waals surface area (Å²) >= 11 is 5.69. The topological polar surface area (TPSA) is 104 Å². The molecule has 2 aromatic rings. The molecule has 8 nitrogen and oxygen atoms in total. The number of carbonyl (C=O) groups excluding carboxylic acids is 1. The van der Waals surface area contributed by atoms with Crippen molar-refractivity contribution in [1.29, 1.82) is 0 Å². The summed E-state index contributed by atoms with van der Waals surface area (Å²) in [5.41, 5.74) is -1.23. The Morgan fingerprint density at radius 1 is 1.29 bits per heavy atom. The molecule has 0 N–H and O–H groups in total. The van der Waals surface area contributed by atoms with Gasteiger partial charge in [0.25, 0.3) is 11.2 Å². The fourth-order valence-electron chi connectivity index (χ4n) is 2.02. The molecule has 2 rings (SSSR count).